The summed E-state index contributed by atoms with van der Waals surface area (Å²) in [5.41, 5.74) is -1.76. The van der Waals surface area contributed by atoms with E-state index in [9.17, 15) is 24.9 Å². The Morgan fingerprint density at radius 3 is 1.16 bits per heavy atom. The molecule has 0 heterocycles. The Bertz CT molecular complexity index is 933. The van der Waals surface area contributed by atoms with Crippen LogP contribution in [-0.2, 0) is 16.0 Å². The fraction of sp³-hybridized carbons (Fsp3) is 0.826. The van der Waals surface area contributed by atoms with E-state index in [1.807, 2.05) is 30.3 Å². The third-order valence-corrected chi connectivity index (χ3v) is 11.0. The Labute approximate surface area is 315 Å². The van der Waals surface area contributed by atoms with Crippen LogP contribution in [0.25, 0.3) is 0 Å². The number of unbranched alkanes of at least 4 members (excludes halogenated alkanes) is 28. The first kappa shape index (κ1) is 47.5. The first-order valence-electron chi connectivity index (χ1n) is 22.1. The molecule has 0 aromatic heterocycles. The highest BCUT2D eigenvalue weighted by molar-refractivity contribution is 5.96. The molecule has 3 atom stereocenters. The van der Waals surface area contributed by atoms with Gasteiger partial charge in [-0.25, -0.2) is 0 Å². The lowest BCUT2D eigenvalue weighted by Crippen LogP contribution is -2.61. The van der Waals surface area contributed by atoms with E-state index in [0.717, 1.165) is 44.1 Å². The van der Waals surface area contributed by atoms with Crippen molar-refractivity contribution in [2.24, 2.45) is 0 Å². The number of ketones is 2. The van der Waals surface area contributed by atoms with Crippen molar-refractivity contribution in [1.29, 1.82) is 0 Å². The number of carbonyl (C=O) groups is 2. The van der Waals surface area contributed by atoms with E-state index in [-0.39, 0.29) is 19.3 Å². The monoisotopic (exact) mass is 715 g/mol. The predicted octanol–water partition coefficient (Wildman–Crippen LogP) is 12.3. The van der Waals surface area contributed by atoms with Crippen LogP contribution in [0.1, 0.15) is 225 Å². The number of aliphatic hydroxyl groups excluding tert-OH is 2. The summed E-state index contributed by atoms with van der Waals surface area (Å²) in [6.45, 7) is 4.52. The zero-order valence-corrected chi connectivity index (χ0v) is 33.5. The fourth-order valence-corrected chi connectivity index (χ4v) is 7.42. The minimum Gasteiger partial charge on any atom is -0.389 e. The molecule has 51 heavy (non-hydrogen) atoms. The Hall–Kier alpha value is -1.56. The minimum absolute atomic E-state index is 0.00869. The Balaban J connectivity index is 2.36. The molecule has 0 aliphatic heterocycles. The summed E-state index contributed by atoms with van der Waals surface area (Å²) < 4.78 is 0. The number of hydrogen-bond acceptors (Lipinski definition) is 5. The van der Waals surface area contributed by atoms with E-state index < -0.39 is 29.4 Å². The second-order valence-corrected chi connectivity index (χ2v) is 15.7. The summed E-state index contributed by atoms with van der Waals surface area (Å²) in [5, 5.41) is 33.9. The van der Waals surface area contributed by atoms with Gasteiger partial charge in [0.2, 0.25) is 0 Å². The van der Waals surface area contributed by atoms with Crippen molar-refractivity contribution in [2.45, 2.75) is 244 Å². The van der Waals surface area contributed by atoms with Gasteiger partial charge in [0.15, 0.2) is 23.3 Å². The van der Waals surface area contributed by atoms with E-state index >= 15 is 0 Å². The summed E-state index contributed by atoms with van der Waals surface area (Å²) in [6.07, 6.45) is 33.2. The molecule has 0 amide bonds. The van der Waals surface area contributed by atoms with E-state index in [1.54, 1.807) is 0 Å². The number of benzene rings is 1. The molecule has 1 aromatic carbocycles. The van der Waals surface area contributed by atoms with Crippen molar-refractivity contribution in [1.82, 2.24) is 0 Å². The molecular weight excluding hydrogens is 633 g/mol. The second kappa shape index (κ2) is 33.0. The second-order valence-electron chi connectivity index (χ2n) is 15.7. The molecule has 0 bridgehead atoms. The van der Waals surface area contributed by atoms with Crippen molar-refractivity contribution < 1.29 is 24.9 Å². The van der Waals surface area contributed by atoms with Crippen molar-refractivity contribution >= 4 is 11.6 Å². The lowest BCUT2D eigenvalue weighted by molar-refractivity contribution is -0.178. The Morgan fingerprint density at radius 2 is 0.804 bits per heavy atom. The molecule has 0 aliphatic rings. The van der Waals surface area contributed by atoms with Crippen LogP contribution in [0.2, 0.25) is 0 Å². The van der Waals surface area contributed by atoms with Gasteiger partial charge < -0.3 is 15.3 Å². The van der Waals surface area contributed by atoms with E-state index in [4.69, 9.17) is 0 Å². The lowest BCUT2D eigenvalue weighted by Gasteiger charge is -2.35. The molecule has 0 radical (unpaired) electrons. The normalized spacial score (nSPS) is 14.0. The van der Waals surface area contributed by atoms with Gasteiger partial charge in [-0.2, -0.15) is 0 Å². The highest BCUT2D eigenvalue weighted by Crippen LogP contribution is 2.26. The van der Waals surface area contributed by atoms with Gasteiger partial charge >= 0.3 is 0 Å². The van der Waals surface area contributed by atoms with E-state index in [1.165, 1.54) is 141 Å². The van der Waals surface area contributed by atoms with Crippen LogP contribution in [0, 0.1) is 0 Å². The highest BCUT2D eigenvalue weighted by atomic mass is 16.4. The quantitative estimate of drug-likeness (QED) is 0.0593. The minimum atomic E-state index is -2.50. The summed E-state index contributed by atoms with van der Waals surface area (Å²) in [5.74, 6) is -1.18. The number of hydrogen-bond donors (Lipinski definition) is 3. The fourth-order valence-electron chi connectivity index (χ4n) is 7.42. The first-order chi connectivity index (χ1) is 24.9. The SMILES string of the molecule is CCCCCCCCCCCCCCCCCC(=O)C(O)C(O)(C(=O)CCCCCCCCCCCCCCCCC)C(O)Cc1ccccc1. The molecule has 1 rings (SSSR count). The van der Waals surface area contributed by atoms with Crippen LogP contribution >= 0.6 is 0 Å². The van der Waals surface area contributed by atoms with Crippen LogP contribution in [0.5, 0.6) is 0 Å². The summed E-state index contributed by atoms with van der Waals surface area (Å²) >= 11 is 0. The van der Waals surface area contributed by atoms with Crippen LogP contribution in [0.15, 0.2) is 30.3 Å². The van der Waals surface area contributed by atoms with Crippen molar-refractivity contribution in [2.75, 3.05) is 0 Å². The van der Waals surface area contributed by atoms with Crippen molar-refractivity contribution in [3.05, 3.63) is 35.9 Å². The Morgan fingerprint density at radius 1 is 0.490 bits per heavy atom. The highest BCUT2D eigenvalue weighted by Gasteiger charge is 2.51. The largest absolute Gasteiger partial charge is 0.389 e. The molecule has 0 saturated heterocycles. The maximum absolute atomic E-state index is 13.5. The van der Waals surface area contributed by atoms with Crippen LogP contribution < -0.4 is 0 Å². The molecule has 3 N–H and O–H groups in total. The average molecular weight is 715 g/mol. The van der Waals surface area contributed by atoms with Gasteiger partial charge in [-0.05, 0) is 18.4 Å². The smallest absolute Gasteiger partial charge is 0.182 e. The molecule has 296 valence electrons. The molecule has 0 aliphatic carbocycles. The maximum atomic E-state index is 13.5. The molecule has 1 aromatic rings. The van der Waals surface area contributed by atoms with Gasteiger partial charge in [0.05, 0.1) is 6.10 Å². The van der Waals surface area contributed by atoms with Crippen LogP contribution in [0.4, 0.5) is 0 Å². The predicted molar refractivity (Wildman–Crippen MR) is 216 cm³/mol. The van der Waals surface area contributed by atoms with Gasteiger partial charge in [0, 0.05) is 19.3 Å². The maximum Gasteiger partial charge on any atom is 0.182 e. The number of aliphatic hydroxyl groups is 3. The molecule has 0 fully saturated rings. The summed E-state index contributed by atoms with van der Waals surface area (Å²) in [6, 6.07) is 9.14. The van der Waals surface area contributed by atoms with Gasteiger partial charge in [-0.15, -0.1) is 0 Å². The van der Waals surface area contributed by atoms with Gasteiger partial charge in [0.1, 0.15) is 0 Å². The summed E-state index contributed by atoms with van der Waals surface area (Å²) in [4.78, 5) is 26.6. The molecule has 0 saturated carbocycles. The third kappa shape index (κ3) is 23.7. The molecule has 3 unspecified atom stereocenters. The van der Waals surface area contributed by atoms with E-state index in [2.05, 4.69) is 13.8 Å². The molecule has 5 nitrogen and oxygen atoms in total. The Kier molecular flexibility index (Phi) is 30.7. The number of Topliss-reactive ketones (excluding diaryl/α,β-unsaturated/α-hetero) is 2. The number of rotatable bonds is 38. The standard InChI is InChI=1S/C46H82O5/c1-3-5-7-9-11-13-15-17-19-21-23-25-27-29-34-38-42(47)45(50)46(51,44(49)40-41-36-32-31-33-37-41)43(48)39-35-30-28-26-24-22-20-18-16-14-12-10-8-6-4-2/h31-33,36-37,44-45,49-51H,3-30,34-35,38-40H2,1-2H3. The zero-order chi connectivity index (χ0) is 37.3. The van der Waals surface area contributed by atoms with Crippen LogP contribution in [-0.4, -0.2) is 44.7 Å². The van der Waals surface area contributed by atoms with E-state index in [0.29, 0.717) is 12.8 Å². The zero-order valence-electron chi connectivity index (χ0n) is 33.5. The molecular formula is C46H82O5. The van der Waals surface area contributed by atoms with Crippen molar-refractivity contribution in [3.8, 4) is 0 Å². The van der Waals surface area contributed by atoms with Gasteiger partial charge in [-0.3, -0.25) is 9.59 Å². The summed E-state index contributed by atoms with van der Waals surface area (Å²) in [7, 11) is 0. The van der Waals surface area contributed by atoms with Crippen molar-refractivity contribution in [3.63, 3.8) is 0 Å². The lowest BCUT2D eigenvalue weighted by atomic mass is 9.78. The number of carbonyl (C=O) groups excluding carboxylic acids is 2. The molecule has 5 heteroatoms. The van der Waals surface area contributed by atoms with Gasteiger partial charge in [0.25, 0.3) is 0 Å². The van der Waals surface area contributed by atoms with Crippen LogP contribution in [0.3, 0.4) is 0 Å². The molecule has 0 spiro atoms. The average Bonchev–Trinajstić information content (AvgIpc) is 3.14. The third-order valence-electron chi connectivity index (χ3n) is 11.0. The van der Waals surface area contributed by atoms with Gasteiger partial charge in [-0.1, -0.05) is 224 Å². The first-order valence-corrected chi connectivity index (χ1v) is 22.1. The topological polar surface area (TPSA) is 94.8 Å².